The maximum atomic E-state index is 12.2. The van der Waals surface area contributed by atoms with Gasteiger partial charge in [-0.2, -0.15) is 0 Å². The molecule has 108 valence electrons. The van der Waals surface area contributed by atoms with Crippen LogP contribution in [0.1, 0.15) is 31.2 Å². The highest BCUT2D eigenvalue weighted by Crippen LogP contribution is 2.18. The van der Waals surface area contributed by atoms with Gasteiger partial charge in [0, 0.05) is 25.4 Å². The predicted molar refractivity (Wildman–Crippen MR) is 85.5 cm³/mol. The zero-order chi connectivity index (χ0) is 14.4. The van der Waals surface area contributed by atoms with Crippen LogP contribution in [0.2, 0.25) is 0 Å². The van der Waals surface area contributed by atoms with Crippen LogP contribution < -0.4 is 5.73 Å². The van der Waals surface area contributed by atoms with Crippen molar-refractivity contribution in [1.29, 1.82) is 0 Å². The number of carbonyl (C=O) groups is 1. The average molecular weight is 290 g/mol. The molecule has 0 radical (unpaired) electrons. The summed E-state index contributed by atoms with van der Waals surface area (Å²) >= 11 is 5.05. The van der Waals surface area contributed by atoms with Crippen LogP contribution in [-0.4, -0.2) is 28.9 Å². The van der Waals surface area contributed by atoms with Crippen LogP contribution in [0, 0.1) is 5.92 Å². The number of nitrogens with two attached hydrogens (primary N) is 1. The summed E-state index contributed by atoms with van der Waals surface area (Å²) in [5.41, 5.74) is 6.99. The molecule has 1 aromatic carbocycles. The Bertz CT molecular complexity index is 461. The number of nitrogens with zero attached hydrogens (tertiary/aromatic N) is 1. The highest BCUT2D eigenvalue weighted by molar-refractivity contribution is 7.80. The summed E-state index contributed by atoms with van der Waals surface area (Å²) in [7, 11) is 0. The molecule has 1 fully saturated rings. The first kappa shape index (κ1) is 15.0. The van der Waals surface area contributed by atoms with Gasteiger partial charge in [0.25, 0.3) is 0 Å². The van der Waals surface area contributed by atoms with Crippen molar-refractivity contribution in [3.8, 4) is 0 Å². The van der Waals surface area contributed by atoms with Crippen molar-refractivity contribution in [2.24, 2.45) is 11.7 Å². The van der Waals surface area contributed by atoms with E-state index in [4.69, 9.17) is 18.0 Å². The van der Waals surface area contributed by atoms with Crippen LogP contribution in [0.15, 0.2) is 30.3 Å². The SMILES string of the molecule is NC(=S)C1CCCN(C(=O)CCCc2ccccc2)C1. The van der Waals surface area contributed by atoms with E-state index in [2.05, 4.69) is 12.1 Å². The monoisotopic (exact) mass is 290 g/mol. The Balaban J connectivity index is 1.75. The maximum absolute atomic E-state index is 12.2. The zero-order valence-corrected chi connectivity index (χ0v) is 12.6. The van der Waals surface area contributed by atoms with E-state index in [9.17, 15) is 4.79 Å². The number of benzene rings is 1. The summed E-state index contributed by atoms with van der Waals surface area (Å²) in [5, 5.41) is 0. The van der Waals surface area contributed by atoms with Gasteiger partial charge in [-0.05, 0) is 31.2 Å². The van der Waals surface area contributed by atoms with Gasteiger partial charge in [-0.3, -0.25) is 4.79 Å². The fourth-order valence-electron chi connectivity index (χ4n) is 2.68. The van der Waals surface area contributed by atoms with E-state index in [0.29, 0.717) is 18.0 Å². The Kier molecular flexibility index (Phi) is 5.53. The summed E-state index contributed by atoms with van der Waals surface area (Å²) in [4.78, 5) is 14.7. The van der Waals surface area contributed by atoms with Gasteiger partial charge in [0.2, 0.25) is 5.91 Å². The van der Waals surface area contributed by atoms with Gasteiger partial charge in [-0.25, -0.2) is 0 Å². The average Bonchev–Trinajstić information content (AvgIpc) is 2.48. The zero-order valence-electron chi connectivity index (χ0n) is 11.8. The first-order valence-corrected chi connectivity index (χ1v) is 7.68. The fraction of sp³-hybridized carbons (Fsp3) is 0.500. The second-order valence-corrected chi connectivity index (χ2v) is 5.89. The largest absolute Gasteiger partial charge is 0.393 e. The number of carbonyl (C=O) groups excluding carboxylic acids is 1. The predicted octanol–water partition coefficient (Wildman–Crippen LogP) is 2.53. The van der Waals surface area contributed by atoms with Crippen molar-refractivity contribution < 1.29 is 4.79 Å². The third kappa shape index (κ3) is 4.30. The molecule has 1 aliphatic heterocycles. The van der Waals surface area contributed by atoms with Gasteiger partial charge >= 0.3 is 0 Å². The molecule has 4 heteroatoms. The fourth-order valence-corrected chi connectivity index (χ4v) is 2.87. The first-order chi connectivity index (χ1) is 9.66. The quantitative estimate of drug-likeness (QED) is 0.848. The molecule has 0 bridgehead atoms. The lowest BCUT2D eigenvalue weighted by molar-refractivity contribution is -0.132. The molecule has 1 aliphatic rings. The summed E-state index contributed by atoms with van der Waals surface area (Å²) in [6.07, 6.45) is 4.49. The molecule has 1 unspecified atom stereocenters. The van der Waals surface area contributed by atoms with Gasteiger partial charge < -0.3 is 10.6 Å². The topological polar surface area (TPSA) is 46.3 Å². The number of hydrogen-bond acceptors (Lipinski definition) is 2. The van der Waals surface area contributed by atoms with Gasteiger partial charge in [0.05, 0.1) is 4.99 Å². The maximum Gasteiger partial charge on any atom is 0.222 e. The van der Waals surface area contributed by atoms with Crippen molar-refractivity contribution >= 4 is 23.1 Å². The summed E-state index contributed by atoms with van der Waals surface area (Å²) in [5.74, 6) is 0.443. The smallest absolute Gasteiger partial charge is 0.222 e. The van der Waals surface area contributed by atoms with Crippen molar-refractivity contribution in [3.05, 3.63) is 35.9 Å². The van der Waals surface area contributed by atoms with Crippen molar-refractivity contribution in [1.82, 2.24) is 4.90 Å². The van der Waals surface area contributed by atoms with Gasteiger partial charge in [-0.1, -0.05) is 42.5 Å². The molecule has 0 aliphatic carbocycles. The molecule has 0 saturated carbocycles. The molecule has 0 aromatic heterocycles. The Hall–Kier alpha value is -1.42. The van der Waals surface area contributed by atoms with Crippen LogP contribution in [0.5, 0.6) is 0 Å². The standard InChI is InChI=1S/C16H22N2OS/c17-16(20)14-9-5-11-18(12-14)15(19)10-4-8-13-6-2-1-3-7-13/h1-3,6-7,14H,4-5,8-12H2,(H2,17,20). The molecule has 1 heterocycles. The summed E-state index contributed by atoms with van der Waals surface area (Å²) in [6.45, 7) is 1.56. The Labute approximate surface area is 126 Å². The first-order valence-electron chi connectivity index (χ1n) is 7.28. The number of likely N-dealkylation sites (tertiary alicyclic amines) is 1. The van der Waals surface area contributed by atoms with Crippen LogP contribution in [0.3, 0.4) is 0 Å². The molecule has 20 heavy (non-hydrogen) atoms. The lowest BCUT2D eigenvalue weighted by Gasteiger charge is -2.32. The molecule has 2 N–H and O–H groups in total. The minimum Gasteiger partial charge on any atom is -0.393 e. The van der Waals surface area contributed by atoms with Crippen molar-refractivity contribution in [2.75, 3.05) is 13.1 Å². The number of thiocarbonyl (C=S) groups is 1. The van der Waals surface area contributed by atoms with Crippen LogP contribution in [0.25, 0.3) is 0 Å². The van der Waals surface area contributed by atoms with Crippen LogP contribution in [0.4, 0.5) is 0 Å². The molecule has 0 spiro atoms. The Morgan fingerprint density at radius 1 is 1.35 bits per heavy atom. The van der Waals surface area contributed by atoms with E-state index in [1.165, 1.54) is 5.56 Å². The van der Waals surface area contributed by atoms with E-state index in [-0.39, 0.29) is 11.8 Å². The molecular formula is C16H22N2OS. The highest BCUT2D eigenvalue weighted by Gasteiger charge is 2.24. The van der Waals surface area contributed by atoms with Crippen molar-refractivity contribution in [3.63, 3.8) is 0 Å². The van der Waals surface area contributed by atoms with Crippen molar-refractivity contribution in [2.45, 2.75) is 32.1 Å². The number of amides is 1. The molecular weight excluding hydrogens is 268 g/mol. The molecule has 1 saturated heterocycles. The summed E-state index contributed by atoms with van der Waals surface area (Å²) < 4.78 is 0. The molecule has 1 amide bonds. The third-order valence-electron chi connectivity index (χ3n) is 3.88. The summed E-state index contributed by atoms with van der Waals surface area (Å²) in [6, 6.07) is 10.3. The molecule has 2 rings (SSSR count). The second kappa shape index (κ2) is 7.39. The lowest BCUT2D eigenvalue weighted by atomic mass is 9.97. The van der Waals surface area contributed by atoms with Crippen LogP contribution >= 0.6 is 12.2 Å². The minimum atomic E-state index is 0.205. The van der Waals surface area contributed by atoms with Crippen LogP contribution in [-0.2, 0) is 11.2 Å². The highest BCUT2D eigenvalue weighted by atomic mass is 32.1. The number of piperidine rings is 1. The van der Waals surface area contributed by atoms with Gasteiger partial charge in [-0.15, -0.1) is 0 Å². The molecule has 1 aromatic rings. The number of rotatable bonds is 5. The van der Waals surface area contributed by atoms with E-state index >= 15 is 0 Å². The minimum absolute atomic E-state index is 0.205. The molecule has 3 nitrogen and oxygen atoms in total. The van der Waals surface area contributed by atoms with E-state index < -0.39 is 0 Å². The van der Waals surface area contributed by atoms with Gasteiger partial charge in [0.15, 0.2) is 0 Å². The number of aryl methyl sites for hydroxylation is 1. The lowest BCUT2D eigenvalue weighted by Crippen LogP contribution is -2.43. The Morgan fingerprint density at radius 3 is 2.80 bits per heavy atom. The Morgan fingerprint density at radius 2 is 2.10 bits per heavy atom. The van der Waals surface area contributed by atoms with E-state index in [0.717, 1.165) is 32.2 Å². The third-order valence-corrected chi connectivity index (χ3v) is 4.21. The van der Waals surface area contributed by atoms with E-state index in [1.807, 2.05) is 23.1 Å². The second-order valence-electron chi connectivity index (χ2n) is 5.42. The number of hydrogen-bond donors (Lipinski definition) is 1. The van der Waals surface area contributed by atoms with E-state index in [1.54, 1.807) is 0 Å². The normalized spacial score (nSPS) is 18.8. The molecule has 1 atom stereocenters. The van der Waals surface area contributed by atoms with Gasteiger partial charge in [0.1, 0.15) is 0 Å².